The Labute approximate surface area is 104 Å². The van der Waals surface area contributed by atoms with Gasteiger partial charge in [0, 0.05) is 12.2 Å². The summed E-state index contributed by atoms with van der Waals surface area (Å²) in [4.78, 5) is 10.7. The largest absolute Gasteiger partial charge is 0.478 e. The SMILES string of the molecule is CCNC(=S)Nc1ccc(C(=O)O)c(Cl)c1. The summed E-state index contributed by atoms with van der Waals surface area (Å²) in [5.74, 6) is -1.05. The average Bonchev–Trinajstić information content (AvgIpc) is 2.17. The second kappa shape index (κ2) is 5.67. The highest BCUT2D eigenvalue weighted by Gasteiger charge is 2.08. The minimum Gasteiger partial charge on any atom is -0.478 e. The Bertz CT molecular complexity index is 423. The van der Waals surface area contributed by atoms with Crippen molar-refractivity contribution in [3.05, 3.63) is 28.8 Å². The van der Waals surface area contributed by atoms with Crippen LogP contribution in [0.5, 0.6) is 0 Å². The molecule has 0 aliphatic heterocycles. The second-order valence-corrected chi connectivity index (χ2v) is 3.80. The monoisotopic (exact) mass is 258 g/mol. The van der Waals surface area contributed by atoms with Crippen LogP contribution in [0.15, 0.2) is 18.2 Å². The number of thiocarbonyl (C=S) groups is 1. The number of carboxylic acid groups (broad SMARTS) is 1. The molecule has 0 saturated carbocycles. The van der Waals surface area contributed by atoms with Crippen LogP contribution in [0.1, 0.15) is 17.3 Å². The number of hydrogen-bond donors (Lipinski definition) is 3. The Kier molecular flexibility index (Phi) is 4.52. The summed E-state index contributed by atoms with van der Waals surface area (Å²) in [6, 6.07) is 4.56. The maximum absolute atomic E-state index is 10.7. The van der Waals surface area contributed by atoms with Crippen LogP contribution in [-0.2, 0) is 0 Å². The molecule has 3 N–H and O–H groups in total. The van der Waals surface area contributed by atoms with E-state index in [2.05, 4.69) is 10.6 Å². The number of aromatic carboxylic acids is 1. The molecule has 1 aromatic carbocycles. The van der Waals surface area contributed by atoms with Gasteiger partial charge in [-0.25, -0.2) is 4.79 Å². The second-order valence-electron chi connectivity index (χ2n) is 2.98. The minimum atomic E-state index is -1.05. The third-order valence-corrected chi connectivity index (χ3v) is 2.35. The lowest BCUT2D eigenvalue weighted by Gasteiger charge is -2.09. The van der Waals surface area contributed by atoms with Crippen molar-refractivity contribution >= 4 is 40.6 Å². The first-order chi connectivity index (χ1) is 7.54. The number of hydrogen-bond acceptors (Lipinski definition) is 2. The van der Waals surface area contributed by atoms with Gasteiger partial charge in [0.25, 0.3) is 0 Å². The number of halogens is 1. The maximum atomic E-state index is 10.7. The van der Waals surface area contributed by atoms with Crippen LogP contribution in [0.3, 0.4) is 0 Å². The van der Waals surface area contributed by atoms with Crippen molar-refractivity contribution in [2.45, 2.75) is 6.92 Å². The van der Waals surface area contributed by atoms with E-state index < -0.39 is 5.97 Å². The van der Waals surface area contributed by atoms with E-state index in [1.165, 1.54) is 12.1 Å². The van der Waals surface area contributed by atoms with Gasteiger partial charge in [-0.3, -0.25) is 0 Å². The van der Waals surface area contributed by atoms with E-state index in [1.54, 1.807) is 6.07 Å². The number of rotatable bonds is 3. The molecule has 0 radical (unpaired) electrons. The molecule has 0 bridgehead atoms. The summed E-state index contributed by atoms with van der Waals surface area (Å²) in [7, 11) is 0. The highest BCUT2D eigenvalue weighted by atomic mass is 35.5. The van der Waals surface area contributed by atoms with Crippen molar-refractivity contribution in [2.24, 2.45) is 0 Å². The zero-order valence-electron chi connectivity index (χ0n) is 8.58. The molecule has 0 saturated heterocycles. The first-order valence-corrected chi connectivity index (χ1v) is 5.41. The molecule has 0 aliphatic carbocycles. The van der Waals surface area contributed by atoms with Crippen LogP contribution >= 0.6 is 23.8 Å². The van der Waals surface area contributed by atoms with Gasteiger partial charge in [0.2, 0.25) is 0 Å². The molecule has 0 amide bonds. The molecule has 0 aromatic heterocycles. The molecule has 0 aliphatic rings. The molecule has 6 heteroatoms. The Morgan fingerprint density at radius 2 is 2.25 bits per heavy atom. The summed E-state index contributed by atoms with van der Waals surface area (Å²) in [5.41, 5.74) is 0.725. The molecule has 16 heavy (non-hydrogen) atoms. The van der Waals surface area contributed by atoms with E-state index in [9.17, 15) is 4.79 Å². The maximum Gasteiger partial charge on any atom is 0.337 e. The van der Waals surface area contributed by atoms with Crippen LogP contribution in [-0.4, -0.2) is 22.7 Å². The molecular formula is C10H11ClN2O2S. The number of anilines is 1. The lowest BCUT2D eigenvalue weighted by Crippen LogP contribution is -2.27. The normalized spacial score (nSPS) is 9.62. The van der Waals surface area contributed by atoms with Crippen LogP contribution in [0.2, 0.25) is 5.02 Å². The molecule has 1 rings (SSSR count). The van der Waals surface area contributed by atoms with Gasteiger partial charge in [-0.1, -0.05) is 11.6 Å². The van der Waals surface area contributed by atoms with E-state index in [4.69, 9.17) is 28.9 Å². The molecule has 1 aromatic rings. The van der Waals surface area contributed by atoms with E-state index in [1.807, 2.05) is 6.92 Å². The fourth-order valence-corrected chi connectivity index (χ4v) is 1.63. The van der Waals surface area contributed by atoms with Gasteiger partial charge >= 0.3 is 5.97 Å². The summed E-state index contributed by atoms with van der Waals surface area (Å²) in [6.07, 6.45) is 0. The standard InChI is InChI=1S/C10H11ClN2O2S/c1-2-12-10(16)13-6-3-4-7(9(14)15)8(11)5-6/h3-5H,2H2,1H3,(H,14,15)(H2,12,13,16). The van der Waals surface area contributed by atoms with E-state index >= 15 is 0 Å². The van der Waals surface area contributed by atoms with Gasteiger partial charge in [0.1, 0.15) is 0 Å². The molecule has 0 atom stereocenters. The molecule has 0 unspecified atom stereocenters. The average molecular weight is 259 g/mol. The smallest absolute Gasteiger partial charge is 0.337 e. The zero-order valence-corrected chi connectivity index (χ0v) is 10.2. The quantitative estimate of drug-likeness (QED) is 0.727. The summed E-state index contributed by atoms with van der Waals surface area (Å²) in [5, 5.41) is 15.2. The predicted octanol–water partition coefficient (Wildman–Crippen LogP) is 2.34. The van der Waals surface area contributed by atoms with Crippen molar-refractivity contribution in [1.29, 1.82) is 0 Å². The van der Waals surface area contributed by atoms with E-state index in [0.29, 0.717) is 17.3 Å². The topological polar surface area (TPSA) is 61.4 Å². The van der Waals surface area contributed by atoms with Gasteiger partial charge in [-0.05, 0) is 37.3 Å². The molecule has 4 nitrogen and oxygen atoms in total. The number of carbonyl (C=O) groups is 1. The Balaban J connectivity index is 2.81. The highest BCUT2D eigenvalue weighted by molar-refractivity contribution is 7.80. The van der Waals surface area contributed by atoms with Crippen LogP contribution < -0.4 is 10.6 Å². The fraction of sp³-hybridized carbons (Fsp3) is 0.200. The molecule has 0 spiro atoms. The summed E-state index contributed by atoms with van der Waals surface area (Å²) >= 11 is 10.8. The van der Waals surface area contributed by atoms with E-state index in [-0.39, 0.29) is 10.6 Å². The Morgan fingerprint density at radius 3 is 2.75 bits per heavy atom. The van der Waals surface area contributed by atoms with Crippen LogP contribution in [0.25, 0.3) is 0 Å². The van der Waals surface area contributed by atoms with Gasteiger partial charge in [-0.15, -0.1) is 0 Å². The van der Waals surface area contributed by atoms with Crippen molar-refractivity contribution in [3.63, 3.8) is 0 Å². The van der Waals surface area contributed by atoms with Gasteiger partial charge in [0.05, 0.1) is 10.6 Å². The van der Waals surface area contributed by atoms with Crippen molar-refractivity contribution in [3.8, 4) is 0 Å². The predicted molar refractivity (Wildman–Crippen MR) is 68.3 cm³/mol. The summed E-state index contributed by atoms with van der Waals surface area (Å²) < 4.78 is 0. The Hall–Kier alpha value is -1.33. The minimum absolute atomic E-state index is 0.0709. The highest BCUT2D eigenvalue weighted by Crippen LogP contribution is 2.20. The zero-order chi connectivity index (χ0) is 12.1. The van der Waals surface area contributed by atoms with E-state index in [0.717, 1.165) is 0 Å². The molecular weight excluding hydrogens is 248 g/mol. The molecule has 0 heterocycles. The number of benzene rings is 1. The van der Waals surface area contributed by atoms with Gasteiger partial charge < -0.3 is 15.7 Å². The number of carboxylic acids is 1. The Morgan fingerprint density at radius 1 is 1.56 bits per heavy atom. The first kappa shape index (κ1) is 12.7. The van der Waals surface area contributed by atoms with Gasteiger partial charge in [-0.2, -0.15) is 0 Å². The van der Waals surface area contributed by atoms with Crippen molar-refractivity contribution in [2.75, 3.05) is 11.9 Å². The van der Waals surface area contributed by atoms with Crippen LogP contribution in [0, 0.1) is 0 Å². The molecule has 0 fully saturated rings. The van der Waals surface area contributed by atoms with Crippen molar-refractivity contribution < 1.29 is 9.90 Å². The van der Waals surface area contributed by atoms with Crippen molar-refractivity contribution in [1.82, 2.24) is 5.32 Å². The molecule has 86 valence electrons. The number of nitrogens with one attached hydrogen (secondary N) is 2. The third kappa shape index (κ3) is 3.36. The van der Waals surface area contributed by atoms with Crippen LogP contribution in [0.4, 0.5) is 5.69 Å². The lowest BCUT2D eigenvalue weighted by molar-refractivity contribution is 0.0697. The third-order valence-electron chi connectivity index (χ3n) is 1.79. The van der Waals surface area contributed by atoms with Gasteiger partial charge in [0.15, 0.2) is 5.11 Å². The fourth-order valence-electron chi connectivity index (χ4n) is 1.10. The summed E-state index contributed by atoms with van der Waals surface area (Å²) in [6.45, 7) is 2.64. The first-order valence-electron chi connectivity index (χ1n) is 4.62. The lowest BCUT2D eigenvalue weighted by atomic mass is 10.2.